The third-order valence-electron chi connectivity index (χ3n) is 1.53. The number of rotatable bonds is 2. The predicted molar refractivity (Wildman–Crippen MR) is 44.0 cm³/mol. The largest absolute Gasteiger partial charge is 0.393 e. The molecule has 0 bridgehead atoms. The van der Waals surface area contributed by atoms with Crippen molar-refractivity contribution in [3.8, 4) is 0 Å². The van der Waals surface area contributed by atoms with Crippen molar-refractivity contribution in [1.29, 1.82) is 0 Å². The van der Waals surface area contributed by atoms with E-state index < -0.39 is 12.6 Å². The van der Waals surface area contributed by atoms with E-state index in [0.29, 0.717) is 5.69 Å². The Morgan fingerprint density at radius 3 is 2.08 bits per heavy atom. The van der Waals surface area contributed by atoms with Gasteiger partial charge >= 0.3 is 6.18 Å². The van der Waals surface area contributed by atoms with Crippen LogP contribution in [0.3, 0.4) is 0 Å². The number of hydrogen-bond donors (Lipinski definition) is 2. The average molecular weight is 190 g/mol. The molecule has 0 aromatic heterocycles. The maximum Gasteiger partial charge on any atom is 0.393 e. The zero-order valence-corrected chi connectivity index (χ0v) is 6.73. The number of anilines is 1. The summed E-state index contributed by atoms with van der Waals surface area (Å²) in [4.78, 5) is 0. The summed E-state index contributed by atoms with van der Waals surface area (Å²) in [5, 5.41) is 0. The minimum Gasteiger partial charge on any atom is -0.324 e. The minimum absolute atomic E-state index is 0.228. The second kappa shape index (κ2) is 3.66. The van der Waals surface area contributed by atoms with E-state index in [-0.39, 0.29) is 5.56 Å². The van der Waals surface area contributed by atoms with E-state index in [9.17, 15) is 13.2 Å². The van der Waals surface area contributed by atoms with Gasteiger partial charge in [-0.3, -0.25) is 5.84 Å². The van der Waals surface area contributed by atoms with Crippen molar-refractivity contribution in [1.82, 2.24) is 0 Å². The highest BCUT2D eigenvalue weighted by molar-refractivity contribution is 5.43. The van der Waals surface area contributed by atoms with Crippen molar-refractivity contribution >= 4 is 5.69 Å². The van der Waals surface area contributed by atoms with Gasteiger partial charge in [-0.15, -0.1) is 0 Å². The molecule has 0 amide bonds. The van der Waals surface area contributed by atoms with Gasteiger partial charge in [0.25, 0.3) is 0 Å². The van der Waals surface area contributed by atoms with Gasteiger partial charge in [0, 0.05) is 5.69 Å². The summed E-state index contributed by atoms with van der Waals surface area (Å²) in [5.41, 5.74) is 3.15. The molecule has 0 aliphatic heterocycles. The van der Waals surface area contributed by atoms with Crippen molar-refractivity contribution in [3.05, 3.63) is 29.8 Å². The van der Waals surface area contributed by atoms with Crippen LogP contribution in [-0.4, -0.2) is 6.18 Å². The highest BCUT2D eigenvalue weighted by Crippen LogP contribution is 2.21. The summed E-state index contributed by atoms with van der Waals surface area (Å²) in [7, 11) is 0. The molecule has 5 heteroatoms. The van der Waals surface area contributed by atoms with Crippen molar-refractivity contribution in [3.63, 3.8) is 0 Å². The third-order valence-corrected chi connectivity index (χ3v) is 1.53. The number of nitrogen functional groups attached to an aromatic ring is 1. The SMILES string of the molecule is NNc1ccc(CC(F)(F)F)cc1. The second-order valence-electron chi connectivity index (χ2n) is 2.63. The van der Waals surface area contributed by atoms with Crippen molar-refractivity contribution < 1.29 is 13.2 Å². The molecule has 1 aromatic carbocycles. The maximum absolute atomic E-state index is 11.9. The molecule has 1 aromatic rings. The molecule has 0 radical (unpaired) electrons. The van der Waals surface area contributed by atoms with Crippen LogP contribution < -0.4 is 11.3 Å². The number of nitrogens with one attached hydrogen (secondary N) is 1. The zero-order valence-electron chi connectivity index (χ0n) is 6.73. The quantitative estimate of drug-likeness (QED) is 0.553. The lowest BCUT2D eigenvalue weighted by atomic mass is 10.1. The zero-order chi connectivity index (χ0) is 9.90. The Morgan fingerprint density at radius 2 is 1.69 bits per heavy atom. The van der Waals surface area contributed by atoms with Crippen LogP contribution in [0.15, 0.2) is 24.3 Å². The first-order valence-electron chi connectivity index (χ1n) is 3.63. The molecule has 0 saturated heterocycles. The van der Waals surface area contributed by atoms with Gasteiger partial charge in [0.15, 0.2) is 0 Å². The molecule has 2 nitrogen and oxygen atoms in total. The lowest BCUT2D eigenvalue weighted by Gasteiger charge is -2.06. The summed E-state index contributed by atoms with van der Waals surface area (Å²) in [6.07, 6.45) is -5.06. The number of alkyl halides is 3. The monoisotopic (exact) mass is 190 g/mol. The topological polar surface area (TPSA) is 38.0 Å². The van der Waals surface area contributed by atoms with Gasteiger partial charge in [-0.2, -0.15) is 13.2 Å². The minimum atomic E-state index is -4.16. The van der Waals surface area contributed by atoms with Crippen LogP contribution in [0.4, 0.5) is 18.9 Å². The first-order valence-corrected chi connectivity index (χ1v) is 3.63. The van der Waals surface area contributed by atoms with Crippen LogP contribution in [0.1, 0.15) is 5.56 Å². The highest BCUT2D eigenvalue weighted by Gasteiger charge is 2.27. The molecule has 0 spiro atoms. The lowest BCUT2D eigenvalue weighted by Crippen LogP contribution is -2.11. The highest BCUT2D eigenvalue weighted by atomic mass is 19.4. The summed E-state index contributed by atoms with van der Waals surface area (Å²) in [5.74, 6) is 5.05. The van der Waals surface area contributed by atoms with Crippen LogP contribution >= 0.6 is 0 Å². The van der Waals surface area contributed by atoms with Crippen molar-refractivity contribution in [2.75, 3.05) is 5.43 Å². The van der Waals surface area contributed by atoms with E-state index >= 15 is 0 Å². The maximum atomic E-state index is 11.9. The van der Waals surface area contributed by atoms with E-state index in [1.165, 1.54) is 24.3 Å². The van der Waals surface area contributed by atoms with Gasteiger partial charge in [-0.05, 0) is 17.7 Å². The fraction of sp³-hybridized carbons (Fsp3) is 0.250. The van der Waals surface area contributed by atoms with Crippen LogP contribution in [-0.2, 0) is 6.42 Å². The molecule has 3 N–H and O–H groups in total. The van der Waals surface area contributed by atoms with Gasteiger partial charge in [0.2, 0.25) is 0 Å². The molecule has 0 atom stereocenters. The van der Waals surface area contributed by atoms with Crippen molar-refractivity contribution in [2.45, 2.75) is 12.6 Å². The molecule has 0 heterocycles. The average Bonchev–Trinajstić information content (AvgIpc) is 2.03. The van der Waals surface area contributed by atoms with E-state index in [4.69, 9.17) is 5.84 Å². The Balaban J connectivity index is 2.70. The van der Waals surface area contributed by atoms with Gasteiger partial charge in [0.05, 0.1) is 6.42 Å². The second-order valence-corrected chi connectivity index (χ2v) is 2.63. The fourth-order valence-electron chi connectivity index (χ4n) is 0.950. The van der Waals surface area contributed by atoms with Crippen LogP contribution in [0.5, 0.6) is 0 Å². The Kier molecular flexibility index (Phi) is 2.77. The first kappa shape index (κ1) is 9.85. The Labute approximate surface area is 73.5 Å². The number of hydrogen-bond acceptors (Lipinski definition) is 2. The van der Waals surface area contributed by atoms with E-state index in [1.807, 2.05) is 0 Å². The van der Waals surface area contributed by atoms with Gasteiger partial charge in [0.1, 0.15) is 0 Å². The van der Waals surface area contributed by atoms with Crippen LogP contribution in [0.2, 0.25) is 0 Å². The Morgan fingerprint density at radius 1 is 1.15 bits per heavy atom. The number of benzene rings is 1. The van der Waals surface area contributed by atoms with Gasteiger partial charge < -0.3 is 5.43 Å². The molecule has 0 saturated carbocycles. The van der Waals surface area contributed by atoms with Crippen LogP contribution in [0, 0.1) is 0 Å². The summed E-state index contributed by atoms with van der Waals surface area (Å²) in [6, 6.07) is 5.79. The first-order chi connectivity index (χ1) is 6.01. The molecular weight excluding hydrogens is 181 g/mol. The summed E-state index contributed by atoms with van der Waals surface area (Å²) < 4.78 is 35.7. The fourth-order valence-corrected chi connectivity index (χ4v) is 0.950. The molecule has 0 aliphatic carbocycles. The molecule has 72 valence electrons. The molecular formula is C8H9F3N2. The van der Waals surface area contributed by atoms with E-state index in [1.54, 1.807) is 0 Å². The van der Waals surface area contributed by atoms with E-state index in [0.717, 1.165) is 0 Å². The van der Waals surface area contributed by atoms with Crippen molar-refractivity contribution in [2.24, 2.45) is 5.84 Å². The lowest BCUT2D eigenvalue weighted by molar-refractivity contribution is -0.127. The summed E-state index contributed by atoms with van der Waals surface area (Å²) >= 11 is 0. The van der Waals surface area contributed by atoms with Gasteiger partial charge in [-0.25, -0.2) is 0 Å². The van der Waals surface area contributed by atoms with E-state index in [2.05, 4.69) is 5.43 Å². The number of nitrogens with two attached hydrogens (primary N) is 1. The molecule has 13 heavy (non-hydrogen) atoms. The Bertz CT molecular complexity index is 266. The predicted octanol–water partition coefficient (Wildman–Crippen LogP) is 2.08. The molecule has 1 rings (SSSR count). The van der Waals surface area contributed by atoms with Gasteiger partial charge in [-0.1, -0.05) is 12.1 Å². The standard InChI is InChI=1S/C8H9F3N2/c9-8(10,11)5-6-1-3-7(13-12)4-2-6/h1-4,13H,5,12H2. The Hall–Kier alpha value is -1.23. The molecule has 0 fully saturated rings. The molecule has 0 aliphatic rings. The molecule has 0 unspecified atom stereocenters. The third kappa shape index (κ3) is 3.33. The van der Waals surface area contributed by atoms with Crippen LogP contribution in [0.25, 0.3) is 0 Å². The summed E-state index contributed by atoms with van der Waals surface area (Å²) in [6.45, 7) is 0. The normalized spacial score (nSPS) is 11.4. The smallest absolute Gasteiger partial charge is 0.324 e. The number of hydrazine groups is 1. The number of halogens is 3.